The van der Waals surface area contributed by atoms with E-state index < -0.39 is 9.84 Å². The van der Waals surface area contributed by atoms with Crippen LogP contribution in [0.25, 0.3) is 10.2 Å². The number of sulfone groups is 1. The van der Waals surface area contributed by atoms with Crippen molar-refractivity contribution in [1.82, 2.24) is 19.8 Å². The van der Waals surface area contributed by atoms with Gasteiger partial charge in [-0.25, -0.2) is 18.4 Å². The zero-order chi connectivity index (χ0) is 19.3. The van der Waals surface area contributed by atoms with Crippen LogP contribution >= 0.6 is 11.3 Å². The Bertz CT molecular complexity index is 995. The van der Waals surface area contributed by atoms with E-state index in [0.29, 0.717) is 23.9 Å². The monoisotopic (exact) mass is 421 g/mol. The Morgan fingerprint density at radius 2 is 1.89 bits per heavy atom. The van der Waals surface area contributed by atoms with Gasteiger partial charge in [0.1, 0.15) is 16.5 Å². The van der Waals surface area contributed by atoms with Crippen molar-refractivity contribution in [1.29, 1.82) is 0 Å². The molecule has 2 N–H and O–H groups in total. The Kier molecular flexibility index (Phi) is 4.81. The molecule has 2 aliphatic heterocycles. The first kappa shape index (κ1) is 18.7. The summed E-state index contributed by atoms with van der Waals surface area (Å²) >= 11 is 1.79. The van der Waals surface area contributed by atoms with E-state index in [4.69, 9.17) is 10.7 Å². The number of hydrogen-bond acceptors (Lipinski definition) is 8. The topological polar surface area (TPSA) is 92.4 Å². The first-order chi connectivity index (χ1) is 13.5. The summed E-state index contributed by atoms with van der Waals surface area (Å²) < 4.78 is 23.5. The molecule has 0 spiro atoms. The molecule has 2 aromatic heterocycles. The van der Waals surface area contributed by atoms with Crippen LogP contribution in [0.4, 0.5) is 5.82 Å². The highest BCUT2D eigenvalue weighted by atomic mass is 32.2. The normalized spacial score (nSPS) is 25.9. The quantitative estimate of drug-likeness (QED) is 0.802. The average molecular weight is 422 g/mol. The molecule has 0 saturated carbocycles. The lowest BCUT2D eigenvalue weighted by molar-refractivity contribution is 0.0985. The van der Waals surface area contributed by atoms with Gasteiger partial charge >= 0.3 is 0 Å². The average Bonchev–Trinajstić information content (AvgIpc) is 3.22. The van der Waals surface area contributed by atoms with Gasteiger partial charge in [-0.3, -0.25) is 9.80 Å². The van der Waals surface area contributed by atoms with Gasteiger partial charge in [0.15, 0.2) is 9.84 Å². The van der Waals surface area contributed by atoms with Crippen LogP contribution in [0.2, 0.25) is 0 Å². The van der Waals surface area contributed by atoms with Crippen molar-refractivity contribution in [3.63, 3.8) is 0 Å². The van der Waals surface area contributed by atoms with Gasteiger partial charge < -0.3 is 5.73 Å². The molecule has 2 fully saturated rings. The van der Waals surface area contributed by atoms with E-state index in [0.717, 1.165) is 61.5 Å². The summed E-state index contributed by atoms with van der Waals surface area (Å²) in [7, 11) is -2.82. The fraction of sp³-hybridized carbons (Fsp3) is 0.684. The molecular formula is C19H27N5O2S2. The molecule has 0 radical (unpaired) electrons. The maximum absolute atomic E-state index is 11.7. The number of piperazine rings is 1. The van der Waals surface area contributed by atoms with Crippen molar-refractivity contribution in [3.05, 3.63) is 16.3 Å². The van der Waals surface area contributed by atoms with Crippen molar-refractivity contribution in [2.45, 2.75) is 44.7 Å². The number of thiophene rings is 1. The molecule has 152 valence electrons. The molecule has 1 unspecified atom stereocenters. The van der Waals surface area contributed by atoms with Crippen LogP contribution in [-0.2, 0) is 29.2 Å². The number of rotatable bonds is 3. The highest BCUT2D eigenvalue weighted by Gasteiger charge is 2.33. The third-order valence-corrected chi connectivity index (χ3v) is 9.32. The van der Waals surface area contributed by atoms with Gasteiger partial charge in [-0.05, 0) is 37.7 Å². The molecule has 0 amide bonds. The molecule has 9 heteroatoms. The minimum absolute atomic E-state index is 0.202. The predicted molar refractivity (Wildman–Crippen MR) is 112 cm³/mol. The zero-order valence-electron chi connectivity index (χ0n) is 16.1. The van der Waals surface area contributed by atoms with Crippen LogP contribution in [0.5, 0.6) is 0 Å². The molecule has 5 rings (SSSR count). The number of aromatic nitrogens is 2. The second-order valence-electron chi connectivity index (χ2n) is 8.29. The Morgan fingerprint density at radius 3 is 2.64 bits per heavy atom. The van der Waals surface area contributed by atoms with E-state index >= 15 is 0 Å². The molecule has 28 heavy (non-hydrogen) atoms. The van der Waals surface area contributed by atoms with E-state index in [-0.39, 0.29) is 6.04 Å². The second kappa shape index (κ2) is 7.19. The van der Waals surface area contributed by atoms with Crippen LogP contribution in [0.15, 0.2) is 0 Å². The third kappa shape index (κ3) is 3.53. The SMILES string of the molecule is Nc1nc(CN2CCN(C3CCS(=O)(=O)C3)CC2)nc2sc3c(c12)CCCC3. The fourth-order valence-electron chi connectivity index (χ4n) is 4.85. The van der Waals surface area contributed by atoms with Crippen LogP contribution < -0.4 is 5.73 Å². The highest BCUT2D eigenvalue weighted by molar-refractivity contribution is 7.91. The van der Waals surface area contributed by atoms with Crippen LogP contribution in [0.3, 0.4) is 0 Å². The summed E-state index contributed by atoms with van der Waals surface area (Å²) in [6.07, 6.45) is 5.51. The molecule has 4 heterocycles. The van der Waals surface area contributed by atoms with Crippen LogP contribution in [-0.4, -0.2) is 71.9 Å². The number of fused-ring (bicyclic) bond motifs is 3. The van der Waals surface area contributed by atoms with Crippen molar-refractivity contribution in [2.75, 3.05) is 43.4 Å². The van der Waals surface area contributed by atoms with Gasteiger partial charge in [0.2, 0.25) is 0 Å². The van der Waals surface area contributed by atoms with Gasteiger partial charge in [0.25, 0.3) is 0 Å². The van der Waals surface area contributed by atoms with Gasteiger partial charge in [0.05, 0.1) is 23.4 Å². The molecular weight excluding hydrogens is 394 g/mol. The minimum atomic E-state index is -2.82. The number of nitrogen functional groups attached to an aromatic ring is 1. The van der Waals surface area contributed by atoms with Crippen molar-refractivity contribution < 1.29 is 8.42 Å². The molecule has 2 saturated heterocycles. The third-order valence-electron chi connectivity index (χ3n) is 6.39. The lowest BCUT2D eigenvalue weighted by Gasteiger charge is -2.37. The Balaban J connectivity index is 1.26. The summed E-state index contributed by atoms with van der Waals surface area (Å²) in [6.45, 7) is 4.35. The smallest absolute Gasteiger partial charge is 0.151 e. The Morgan fingerprint density at radius 1 is 1.11 bits per heavy atom. The first-order valence-corrected chi connectivity index (χ1v) is 12.9. The molecule has 0 aromatic carbocycles. The summed E-state index contributed by atoms with van der Waals surface area (Å²) in [4.78, 5) is 16.7. The lowest BCUT2D eigenvalue weighted by atomic mass is 9.97. The molecule has 3 aliphatic rings. The summed E-state index contributed by atoms with van der Waals surface area (Å²) in [5.41, 5.74) is 7.72. The van der Waals surface area contributed by atoms with E-state index in [1.807, 2.05) is 0 Å². The van der Waals surface area contributed by atoms with Crippen LogP contribution in [0.1, 0.15) is 35.5 Å². The van der Waals surface area contributed by atoms with Gasteiger partial charge in [-0.15, -0.1) is 11.3 Å². The highest BCUT2D eigenvalue weighted by Crippen LogP contribution is 2.37. The van der Waals surface area contributed by atoms with Crippen molar-refractivity contribution >= 4 is 37.2 Å². The molecule has 1 aliphatic carbocycles. The van der Waals surface area contributed by atoms with E-state index in [1.54, 1.807) is 11.3 Å². The number of hydrogen-bond donors (Lipinski definition) is 1. The molecule has 0 bridgehead atoms. The van der Waals surface area contributed by atoms with Gasteiger partial charge in [0, 0.05) is 37.1 Å². The van der Waals surface area contributed by atoms with E-state index in [1.165, 1.54) is 23.3 Å². The summed E-state index contributed by atoms with van der Waals surface area (Å²) in [5.74, 6) is 2.11. The standard InChI is InChI=1S/C19H27N5O2S2/c20-18-17-14-3-1-2-4-15(14)27-19(17)22-16(21-18)11-23-6-8-24(9-7-23)13-5-10-28(25,26)12-13/h13H,1-12H2,(H2,20,21,22). The second-order valence-corrected chi connectivity index (χ2v) is 11.6. The number of aryl methyl sites for hydroxylation is 2. The molecule has 2 aromatic rings. The molecule has 1 atom stereocenters. The van der Waals surface area contributed by atoms with Crippen LogP contribution in [0, 0.1) is 0 Å². The maximum atomic E-state index is 11.7. The maximum Gasteiger partial charge on any atom is 0.151 e. The predicted octanol–water partition coefficient (Wildman–Crippen LogP) is 1.46. The Labute approximate surface area is 169 Å². The summed E-state index contributed by atoms with van der Waals surface area (Å²) in [5, 5.41) is 1.09. The number of anilines is 1. The van der Waals surface area contributed by atoms with Crippen molar-refractivity contribution in [3.8, 4) is 0 Å². The van der Waals surface area contributed by atoms with Gasteiger partial charge in [-0.1, -0.05) is 0 Å². The van der Waals surface area contributed by atoms with E-state index in [9.17, 15) is 8.42 Å². The number of nitrogens with two attached hydrogens (primary N) is 1. The zero-order valence-corrected chi connectivity index (χ0v) is 17.7. The minimum Gasteiger partial charge on any atom is -0.383 e. The van der Waals surface area contributed by atoms with E-state index in [2.05, 4.69) is 14.8 Å². The largest absolute Gasteiger partial charge is 0.383 e. The lowest BCUT2D eigenvalue weighted by Crippen LogP contribution is -2.50. The van der Waals surface area contributed by atoms with Crippen molar-refractivity contribution in [2.24, 2.45) is 0 Å². The fourth-order valence-corrected chi connectivity index (χ4v) is 7.90. The molecule has 7 nitrogen and oxygen atoms in total. The Hall–Kier alpha value is -1.29. The summed E-state index contributed by atoms with van der Waals surface area (Å²) in [6, 6.07) is 0.202. The number of nitrogens with zero attached hydrogens (tertiary/aromatic N) is 4. The first-order valence-electron chi connectivity index (χ1n) is 10.2. The van der Waals surface area contributed by atoms with Gasteiger partial charge in [-0.2, -0.15) is 0 Å².